The molecule has 3 heteroatoms. The van der Waals surface area contributed by atoms with E-state index in [0.717, 1.165) is 24.2 Å². The molecule has 19 heavy (non-hydrogen) atoms. The lowest BCUT2D eigenvalue weighted by Crippen LogP contribution is -2.23. The number of nitrogens with one attached hydrogen (secondary N) is 2. The normalized spacial score (nSPS) is 19.2. The van der Waals surface area contributed by atoms with Gasteiger partial charge in [0.05, 0.1) is 12.6 Å². The average molecular weight is 258 g/mol. The van der Waals surface area contributed by atoms with Crippen molar-refractivity contribution in [1.29, 1.82) is 0 Å². The molecule has 3 rings (SSSR count). The Morgan fingerprint density at radius 2 is 2.16 bits per heavy atom. The zero-order valence-electron chi connectivity index (χ0n) is 12.0. The first kappa shape index (κ1) is 12.5. The molecule has 1 fully saturated rings. The molecular weight excluding hydrogens is 236 g/mol. The average Bonchev–Trinajstić information content (AvgIpc) is 3.00. The molecule has 102 valence electrons. The van der Waals surface area contributed by atoms with Crippen LogP contribution in [-0.2, 0) is 6.42 Å². The number of aromatic amines is 1. The Balaban J connectivity index is 2.09. The van der Waals surface area contributed by atoms with Crippen LogP contribution in [0.3, 0.4) is 0 Å². The van der Waals surface area contributed by atoms with Gasteiger partial charge in [0.1, 0.15) is 5.75 Å². The van der Waals surface area contributed by atoms with Crippen LogP contribution in [0.2, 0.25) is 0 Å². The molecule has 0 aliphatic carbocycles. The van der Waals surface area contributed by atoms with Gasteiger partial charge in [0.25, 0.3) is 0 Å². The molecule has 0 spiro atoms. The van der Waals surface area contributed by atoms with E-state index in [4.69, 9.17) is 4.74 Å². The fourth-order valence-electron chi connectivity index (χ4n) is 3.25. The molecule has 2 aromatic rings. The molecule has 1 aliphatic rings. The number of hydrogen-bond donors (Lipinski definition) is 2. The molecule has 1 aromatic heterocycles. The number of rotatable bonds is 3. The standard InChI is InChI=1S/C16H22N2O/c1-10-6-7-14(19-3)16-15(10)13(11(2)18-16)9-12-5-4-8-17-12/h6-7,12,17-18H,4-5,8-9H2,1-3H3. The predicted molar refractivity (Wildman–Crippen MR) is 79.1 cm³/mol. The van der Waals surface area contributed by atoms with E-state index in [0.29, 0.717) is 6.04 Å². The highest BCUT2D eigenvalue weighted by molar-refractivity contribution is 5.92. The second-order valence-electron chi connectivity index (χ2n) is 5.56. The van der Waals surface area contributed by atoms with Gasteiger partial charge in [0.15, 0.2) is 0 Å². The number of aromatic nitrogens is 1. The Labute approximate surface area is 114 Å². The summed E-state index contributed by atoms with van der Waals surface area (Å²) in [6, 6.07) is 4.83. The maximum atomic E-state index is 5.47. The van der Waals surface area contributed by atoms with E-state index >= 15 is 0 Å². The lowest BCUT2D eigenvalue weighted by atomic mass is 9.99. The van der Waals surface area contributed by atoms with Crippen LogP contribution in [0.4, 0.5) is 0 Å². The Morgan fingerprint density at radius 1 is 1.32 bits per heavy atom. The molecule has 2 N–H and O–H groups in total. The van der Waals surface area contributed by atoms with E-state index in [1.807, 2.05) is 6.07 Å². The highest BCUT2D eigenvalue weighted by Gasteiger charge is 2.20. The predicted octanol–water partition coefficient (Wildman–Crippen LogP) is 3.09. The van der Waals surface area contributed by atoms with Crippen molar-refractivity contribution in [2.75, 3.05) is 13.7 Å². The molecular formula is C16H22N2O. The lowest BCUT2D eigenvalue weighted by Gasteiger charge is -2.11. The van der Waals surface area contributed by atoms with Gasteiger partial charge in [-0.1, -0.05) is 6.07 Å². The second-order valence-corrected chi connectivity index (χ2v) is 5.56. The molecule has 1 unspecified atom stereocenters. The summed E-state index contributed by atoms with van der Waals surface area (Å²) in [5.41, 5.74) is 5.20. The van der Waals surface area contributed by atoms with Crippen LogP contribution in [0.25, 0.3) is 10.9 Å². The Morgan fingerprint density at radius 3 is 2.84 bits per heavy atom. The van der Waals surface area contributed by atoms with Gasteiger partial charge in [-0.2, -0.15) is 0 Å². The third-order valence-electron chi connectivity index (χ3n) is 4.28. The second kappa shape index (κ2) is 4.89. The summed E-state index contributed by atoms with van der Waals surface area (Å²) in [6.45, 7) is 5.51. The number of hydrogen-bond acceptors (Lipinski definition) is 2. The fraction of sp³-hybridized carbons (Fsp3) is 0.500. The zero-order chi connectivity index (χ0) is 13.4. The topological polar surface area (TPSA) is 37.0 Å². The Bertz CT molecular complexity index is 594. The number of ether oxygens (including phenoxy) is 1. The molecule has 1 atom stereocenters. The first-order valence-corrected chi connectivity index (χ1v) is 7.09. The van der Waals surface area contributed by atoms with E-state index in [9.17, 15) is 0 Å². The first-order valence-electron chi connectivity index (χ1n) is 7.09. The van der Waals surface area contributed by atoms with E-state index in [-0.39, 0.29) is 0 Å². The number of benzene rings is 1. The van der Waals surface area contributed by atoms with Crippen molar-refractivity contribution in [2.24, 2.45) is 0 Å². The van der Waals surface area contributed by atoms with Gasteiger partial charge in [0.2, 0.25) is 0 Å². The highest BCUT2D eigenvalue weighted by atomic mass is 16.5. The van der Waals surface area contributed by atoms with Crippen molar-refractivity contribution >= 4 is 10.9 Å². The summed E-state index contributed by atoms with van der Waals surface area (Å²) < 4.78 is 5.47. The third-order valence-corrected chi connectivity index (χ3v) is 4.28. The van der Waals surface area contributed by atoms with Gasteiger partial charge in [-0.3, -0.25) is 0 Å². The monoisotopic (exact) mass is 258 g/mol. The van der Waals surface area contributed by atoms with Crippen molar-refractivity contribution in [1.82, 2.24) is 10.3 Å². The number of H-pyrrole nitrogens is 1. The van der Waals surface area contributed by atoms with E-state index in [1.165, 1.54) is 35.0 Å². The van der Waals surface area contributed by atoms with Crippen molar-refractivity contribution < 1.29 is 4.74 Å². The minimum atomic E-state index is 0.628. The van der Waals surface area contributed by atoms with Gasteiger partial charge >= 0.3 is 0 Å². The largest absolute Gasteiger partial charge is 0.495 e. The van der Waals surface area contributed by atoms with Crippen LogP contribution in [0.15, 0.2) is 12.1 Å². The van der Waals surface area contributed by atoms with Crippen LogP contribution in [0, 0.1) is 13.8 Å². The molecule has 3 nitrogen and oxygen atoms in total. The maximum absolute atomic E-state index is 5.47. The fourth-order valence-corrected chi connectivity index (χ4v) is 3.25. The summed E-state index contributed by atoms with van der Waals surface area (Å²) in [6.07, 6.45) is 3.70. The third kappa shape index (κ3) is 2.12. The van der Waals surface area contributed by atoms with Gasteiger partial charge in [-0.25, -0.2) is 0 Å². The smallest absolute Gasteiger partial charge is 0.142 e. The Kier molecular flexibility index (Phi) is 3.23. The molecule has 1 aliphatic heterocycles. The lowest BCUT2D eigenvalue weighted by molar-refractivity contribution is 0.419. The van der Waals surface area contributed by atoms with Crippen molar-refractivity contribution in [3.05, 3.63) is 29.0 Å². The minimum Gasteiger partial charge on any atom is -0.495 e. The summed E-state index contributed by atoms with van der Waals surface area (Å²) in [5.74, 6) is 0.939. The Hall–Kier alpha value is -1.48. The quantitative estimate of drug-likeness (QED) is 0.887. The van der Waals surface area contributed by atoms with E-state index in [2.05, 4.69) is 30.2 Å². The summed E-state index contributed by atoms with van der Waals surface area (Å²) in [4.78, 5) is 3.51. The molecule has 2 heterocycles. The zero-order valence-corrected chi connectivity index (χ0v) is 12.0. The van der Waals surface area contributed by atoms with Gasteiger partial charge in [0, 0.05) is 17.1 Å². The number of fused-ring (bicyclic) bond motifs is 1. The van der Waals surface area contributed by atoms with Crippen molar-refractivity contribution in [3.63, 3.8) is 0 Å². The van der Waals surface area contributed by atoms with Crippen LogP contribution in [0.1, 0.15) is 29.7 Å². The summed E-state index contributed by atoms with van der Waals surface area (Å²) in [5, 5.41) is 4.94. The van der Waals surface area contributed by atoms with Crippen molar-refractivity contribution in [3.8, 4) is 5.75 Å². The summed E-state index contributed by atoms with van der Waals surface area (Å²) in [7, 11) is 1.73. The molecule has 0 radical (unpaired) electrons. The van der Waals surface area contributed by atoms with Crippen molar-refractivity contribution in [2.45, 2.75) is 39.2 Å². The van der Waals surface area contributed by atoms with Gasteiger partial charge < -0.3 is 15.0 Å². The van der Waals surface area contributed by atoms with Crippen LogP contribution in [0.5, 0.6) is 5.75 Å². The van der Waals surface area contributed by atoms with Crippen LogP contribution < -0.4 is 10.1 Å². The molecule has 1 saturated heterocycles. The van der Waals surface area contributed by atoms with Crippen LogP contribution in [-0.4, -0.2) is 24.7 Å². The van der Waals surface area contributed by atoms with Gasteiger partial charge in [-0.05, 0) is 56.8 Å². The highest BCUT2D eigenvalue weighted by Crippen LogP contribution is 2.33. The first-order chi connectivity index (χ1) is 9.20. The van der Waals surface area contributed by atoms with Gasteiger partial charge in [-0.15, -0.1) is 0 Å². The molecule has 0 saturated carbocycles. The maximum Gasteiger partial charge on any atom is 0.142 e. The minimum absolute atomic E-state index is 0.628. The number of aryl methyl sites for hydroxylation is 2. The molecule has 1 aromatic carbocycles. The number of methoxy groups -OCH3 is 1. The van der Waals surface area contributed by atoms with E-state index < -0.39 is 0 Å². The SMILES string of the molecule is COc1ccc(C)c2c(CC3CCCN3)c(C)[nH]c12. The van der Waals surface area contributed by atoms with E-state index in [1.54, 1.807) is 7.11 Å². The molecule has 0 amide bonds. The summed E-state index contributed by atoms with van der Waals surface area (Å²) >= 11 is 0. The van der Waals surface area contributed by atoms with Crippen LogP contribution >= 0.6 is 0 Å². The molecule has 0 bridgehead atoms.